The highest BCUT2D eigenvalue weighted by molar-refractivity contribution is 8.00. The Kier molecular flexibility index (Phi) is 5.94. The normalized spacial score (nSPS) is 21.2. The molecule has 0 amide bonds. The zero-order valence-electron chi connectivity index (χ0n) is 16.4. The third-order valence-corrected chi connectivity index (χ3v) is 6.85. The second-order valence-electron chi connectivity index (χ2n) is 7.29. The van der Waals surface area contributed by atoms with E-state index in [1.807, 2.05) is 31.2 Å². The van der Waals surface area contributed by atoms with E-state index in [0.29, 0.717) is 22.6 Å². The van der Waals surface area contributed by atoms with Crippen molar-refractivity contribution in [3.05, 3.63) is 40.7 Å². The topological polar surface area (TPSA) is 77.3 Å². The molecule has 9 heteroatoms. The molecule has 1 saturated heterocycles. The van der Waals surface area contributed by atoms with Crippen molar-refractivity contribution in [1.82, 2.24) is 19.7 Å². The summed E-state index contributed by atoms with van der Waals surface area (Å²) in [5.74, 6) is 0.334. The molecule has 2 aliphatic heterocycles. The predicted octanol–water partition coefficient (Wildman–Crippen LogP) is 3.37. The Morgan fingerprint density at radius 1 is 1.31 bits per heavy atom. The van der Waals surface area contributed by atoms with Crippen molar-refractivity contribution in [3.8, 4) is 0 Å². The molecule has 1 aromatic carbocycles. The number of thioether (sulfide) groups is 1. The minimum Gasteiger partial charge on any atom is -0.466 e. The van der Waals surface area contributed by atoms with Crippen LogP contribution in [0.2, 0.25) is 5.02 Å². The summed E-state index contributed by atoms with van der Waals surface area (Å²) in [5.41, 5.74) is 1.03. The Bertz CT molecular complexity index is 909. The monoisotopic (exact) mass is 434 g/mol. The first-order valence-electron chi connectivity index (χ1n) is 9.78. The fourth-order valence-corrected chi connectivity index (χ4v) is 5.44. The van der Waals surface area contributed by atoms with Gasteiger partial charge >= 0.3 is 5.97 Å². The molecule has 3 heterocycles. The summed E-state index contributed by atoms with van der Waals surface area (Å²) in [6.45, 7) is 5.44. The largest absolute Gasteiger partial charge is 0.466 e. The zero-order valence-corrected chi connectivity index (χ0v) is 17.9. The number of benzene rings is 1. The van der Waals surface area contributed by atoms with Crippen molar-refractivity contribution < 1.29 is 14.3 Å². The van der Waals surface area contributed by atoms with E-state index in [9.17, 15) is 9.59 Å². The number of piperidine rings is 1. The van der Waals surface area contributed by atoms with Crippen LogP contribution >= 0.6 is 23.4 Å². The van der Waals surface area contributed by atoms with Crippen LogP contribution in [-0.2, 0) is 9.53 Å². The van der Waals surface area contributed by atoms with E-state index in [2.05, 4.69) is 15.0 Å². The molecule has 1 aromatic heterocycles. The number of aryl methyl sites for hydroxylation is 1. The maximum atomic E-state index is 13.1. The summed E-state index contributed by atoms with van der Waals surface area (Å²) in [6, 6.07) is 7.49. The Balaban J connectivity index is 1.57. The van der Waals surface area contributed by atoms with Gasteiger partial charge in [0.25, 0.3) is 5.91 Å². The van der Waals surface area contributed by atoms with Crippen molar-refractivity contribution >= 4 is 35.2 Å². The van der Waals surface area contributed by atoms with Gasteiger partial charge in [-0.2, -0.15) is 4.68 Å². The molecule has 4 rings (SSSR count). The summed E-state index contributed by atoms with van der Waals surface area (Å²) in [5, 5.41) is 5.20. The van der Waals surface area contributed by atoms with E-state index < -0.39 is 0 Å². The Morgan fingerprint density at radius 3 is 2.62 bits per heavy atom. The maximum absolute atomic E-state index is 13.1. The number of fused-ring (bicyclic) bond motifs is 1. The molecule has 0 radical (unpaired) electrons. The molecule has 0 N–H and O–H groups in total. The van der Waals surface area contributed by atoms with Gasteiger partial charge in [0.05, 0.1) is 18.6 Å². The number of halogens is 1. The van der Waals surface area contributed by atoms with Gasteiger partial charge in [0, 0.05) is 5.02 Å². The van der Waals surface area contributed by atoms with Gasteiger partial charge in [-0.15, -0.1) is 5.10 Å². The summed E-state index contributed by atoms with van der Waals surface area (Å²) < 4.78 is 6.60. The number of esters is 1. The molecule has 1 fully saturated rings. The first kappa shape index (κ1) is 20.4. The average Bonchev–Trinajstić information content (AvgIpc) is 3.22. The molecule has 0 aliphatic carbocycles. The van der Waals surface area contributed by atoms with Gasteiger partial charge in [-0.3, -0.25) is 14.5 Å². The molecule has 0 spiro atoms. The van der Waals surface area contributed by atoms with Crippen LogP contribution in [0.4, 0.5) is 0 Å². The number of hydrogen-bond donors (Lipinski definition) is 0. The van der Waals surface area contributed by atoms with Crippen molar-refractivity contribution in [2.45, 2.75) is 43.1 Å². The molecular formula is C20H23ClN4O3S. The lowest BCUT2D eigenvalue weighted by Gasteiger charge is -2.38. The van der Waals surface area contributed by atoms with Crippen molar-refractivity contribution in [2.75, 3.05) is 19.7 Å². The molecule has 0 saturated carbocycles. The highest BCUT2D eigenvalue weighted by atomic mass is 35.5. The van der Waals surface area contributed by atoms with Crippen molar-refractivity contribution in [2.24, 2.45) is 5.92 Å². The summed E-state index contributed by atoms with van der Waals surface area (Å²) in [4.78, 5) is 31.9. The summed E-state index contributed by atoms with van der Waals surface area (Å²) in [7, 11) is 0. The number of hydrogen-bond acceptors (Lipinski definition) is 7. The maximum Gasteiger partial charge on any atom is 0.309 e. The van der Waals surface area contributed by atoms with Crippen molar-refractivity contribution in [1.29, 1.82) is 0 Å². The number of carbonyl (C=O) groups is 2. The zero-order chi connectivity index (χ0) is 20.5. The molecule has 29 heavy (non-hydrogen) atoms. The number of carbonyl (C=O) groups excluding carboxylic acids is 2. The third kappa shape index (κ3) is 4.06. The van der Waals surface area contributed by atoms with Crippen LogP contribution in [0.25, 0.3) is 0 Å². The fraction of sp³-hybridized carbons (Fsp3) is 0.500. The lowest BCUT2D eigenvalue weighted by atomic mass is 9.93. The number of likely N-dealkylation sites (tertiary alicyclic amines) is 1. The Labute approximate surface area is 178 Å². The highest BCUT2D eigenvalue weighted by Crippen LogP contribution is 2.42. The van der Waals surface area contributed by atoms with Crippen LogP contribution in [0, 0.1) is 12.8 Å². The van der Waals surface area contributed by atoms with Crippen LogP contribution in [0.1, 0.15) is 42.0 Å². The molecule has 7 nitrogen and oxygen atoms in total. The van der Waals surface area contributed by atoms with Gasteiger partial charge in [-0.25, -0.2) is 4.98 Å². The number of nitrogens with zero attached hydrogens (tertiary/aromatic N) is 4. The second-order valence-corrected chi connectivity index (χ2v) is 8.83. The van der Waals surface area contributed by atoms with Gasteiger partial charge in [-0.1, -0.05) is 35.5 Å². The van der Waals surface area contributed by atoms with Gasteiger partial charge in [0.2, 0.25) is 0 Å². The first-order chi connectivity index (χ1) is 14.0. The van der Waals surface area contributed by atoms with E-state index in [-0.39, 0.29) is 29.1 Å². The second kappa shape index (κ2) is 8.45. The lowest BCUT2D eigenvalue weighted by Crippen LogP contribution is -2.44. The first-order valence-corrected chi connectivity index (χ1v) is 11.0. The molecule has 0 bridgehead atoms. The number of ether oxygens (including phenoxy) is 1. The number of aromatic nitrogens is 3. The molecule has 2 aliphatic rings. The van der Waals surface area contributed by atoms with Gasteiger partial charge in [0.15, 0.2) is 5.16 Å². The quantitative estimate of drug-likeness (QED) is 0.667. The van der Waals surface area contributed by atoms with Gasteiger partial charge < -0.3 is 4.74 Å². The summed E-state index contributed by atoms with van der Waals surface area (Å²) in [6.07, 6.45) is 1.44. The molecule has 2 unspecified atom stereocenters. The smallest absolute Gasteiger partial charge is 0.309 e. The summed E-state index contributed by atoms with van der Waals surface area (Å²) >= 11 is 7.54. The van der Waals surface area contributed by atoms with Crippen LogP contribution in [-0.4, -0.2) is 56.5 Å². The number of rotatable bonds is 5. The predicted molar refractivity (Wildman–Crippen MR) is 110 cm³/mol. The van der Waals surface area contributed by atoms with E-state index in [1.54, 1.807) is 6.92 Å². The Hall–Kier alpha value is -1.90. The van der Waals surface area contributed by atoms with Crippen molar-refractivity contribution in [3.63, 3.8) is 0 Å². The molecule has 2 aromatic rings. The third-order valence-electron chi connectivity index (χ3n) is 5.41. The highest BCUT2D eigenvalue weighted by Gasteiger charge is 2.44. The average molecular weight is 435 g/mol. The van der Waals surface area contributed by atoms with E-state index in [0.717, 1.165) is 31.5 Å². The van der Waals surface area contributed by atoms with Gasteiger partial charge in [0.1, 0.15) is 11.1 Å². The van der Waals surface area contributed by atoms with Gasteiger partial charge in [-0.05, 0) is 57.5 Å². The van der Waals surface area contributed by atoms with Crippen LogP contribution in [0.5, 0.6) is 0 Å². The molecule has 2 atom stereocenters. The lowest BCUT2D eigenvalue weighted by molar-refractivity contribution is -0.149. The van der Waals surface area contributed by atoms with Crippen LogP contribution in [0.15, 0.2) is 29.4 Å². The Morgan fingerprint density at radius 2 is 2.00 bits per heavy atom. The SMILES string of the molecule is CCOC(=O)C1CCN(C(c2ccc(Cl)cc2)C2Sc3nc(C)nn3C2=O)CC1. The molecular weight excluding hydrogens is 412 g/mol. The van der Waals surface area contributed by atoms with E-state index in [4.69, 9.17) is 16.3 Å². The van der Waals surface area contributed by atoms with Crippen LogP contribution in [0.3, 0.4) is 0 Å². The fourth-order valence-electron chi connectivity index (χ4n) is 4.01. The standard InChI is InChI=1S/C20H23ClN4O3S/c1-3-28-19(27)14-8-10-24(11-9-14)16(13-4-6-15(21)7-5-13)17-18(26)25-20(29-17)22-12(2)23-25/h4-7,14,16-17H,3,8-11H2,1-2H3. The minimum atomic E-state index is -0.342. The van der Waals surface area contributed by atoms with E-state index in [1.165, 1.54) is 16.4 Å². The van der Waals surface area contributed by atoms with E-state index >= 15 is 0 Å². The minimum absolute atomic E-state index is 0.0573. The molecule has 154 valence electrons. The van der Waals surface area contributed by atoms with Crippen LogP contribution < -0.4 is 0 Å².